The monoisotopic (exact) mass is 556 g/mol. The summed E-state index contributed by atoms with van der Waals surface area (Å²) in [6.07, 6.45) is 4.53. The Kier molecular flexibility index (Phi) is 8.02. The van der Waals surface area contributed by atoms with Crippen LogP contribution < -0.4 is 5.56 Å². The summed E-state index contributed by atoms with van der Waals surface area (Å²) in [6, 6.07) is 11.0. The molecule has 3 heterocycles. The molecule has 0 bridgehead atoms. The molecule has 2 saturated heterocycles. The van der Waals surface area contributed by atoms with E-state index in [2.05, 4.69) is 4.98 Å². The first-order chi connectivity index (χ1) is 18.3. The Labute approximate surface area is 231 Å². The predicted molar refractivity (Wildman–Crippen MR) is 146 cm³/mol. The largest absolute Gasteiger partial charge is 0.368 e. The smallest absolute Gasteiger partial charge is 0.261 e. The highest BCUT2D eigenvalue weighted by molar-refractivity contribution is 6.42. The Balaban J connectivity index is 1.26. The van der Waals surface area contributed by atoms with Gasteiger partial charge in [0.1, 0.15) is 12.6 Å². The summed E-state index contributed by atoms with van der Waals surface area (Å²) in [5.41, 5.74) is 2.24. The predicted octanol–water partition coefficient (Wildman–Crippen LogP) is 4.25. The van der Waals surface area contributed by atoms with Gasteiger partial charge in [-0.3, -0.25) is 19.0 Å². The summed E-state index contributed by atoms with van der Waals surface area (Å²) >= 11 is 12.1. The van der Waals surface area contributed by atoms with Crippen molar-refractivity contribution in [1.29, 1.82) is 0 Å². The molecule has 5 rings (SSSR count). The van der Waals surface area contributed by atoms with Crippen molar-refractivity contribution in [3.63, 3.8) is 0 Å². The molecule has 0 N–H and O–H groups in total. The number of benzene rings is 2. The maximum atomic E-state index is 13.3. The Bertz CT molecular complexity index is 1410. The van der Waals surface area contributed by atoms with Gasteiger partial charge in [0.15, 0.2) is 0 Å². The van der Waals surface area contributed by atoms with E-state index >= 15 is 0 Å². The van der Waals surface area contributed by atoms with E-state index in [4.69, 9.17) is 27.9 Å². The molecule has 3 aromatic rings. The first-order valence-electron chi connectivity index (χ1n) is 12.9. The third-order valence-corrected chi connectivity index (χ3v) is 8.21. The quantitative estimate of drug-likeness (QED) is 0.453. The molecule has 2 aliphatic heterocycles. The maximum Gasteiger partial charge on any atom is 0.261 e. The van der Waals surface area contributed by atoms with Gasteiger partial charge < -0.3 is 14.5 Å². The fourth-order valence-corrected chi connectivity index (χ4v) is 5.54. The SMILES string of the molecule is CN(Cc1ccc(Cl)c(Cl)c1)C(=O)Cn1cnc2ccc(C3CCN(C(=O)C4CCCO4)CC3)cc2c1=O. The van der Waals surface area contributed by atoms with Gasteiger partial charge >= 0.3 is 0 Å². The highest BCUT2D eigenvalue weighted by atomic mass is 35.5. The van der Waals surface area contributed by atoms with Crippen molar-refractivity contribution in [2.75, 3.05) is 26.7 Å². The highest BCUT2D eigenvalue weighted by Gasteiger charge is 2.31. The average Bonchev–Trinajstić information content (AvgIpc) is 3.47. The van der Waals surface area contributed by atoms with Crippen molar-refractivity contribution in [3.05, 3.63) is 74.3 Å². The van der Waals surface area contributed by atoms with Crippen molar-refractivity contribution in [2.45, 2.75) is 50.8 Å². The molecule has 2 amide bonds. The van der Waals surface area contributed by atoms with Gasteiger partial charge in [-0.1, -0.05) is 35.3 Å². The fraction of sp³-hybridized carbons (Fsp3) is 0.429. The second-order valence-corrected chi connectivity index (χ2v) is 10.9. The van der Waals surface area contributed by atoms with Gasteiger partial charge in [0.05, 0.1) is 27.3 Å². The number of likely N-dealkylation sites (N-methyl/N-ethyl adjacent to an activating group) is 1. The van der Waals surface area contributed by atoms with Crippen LogP contribution in [0.2, 0.25) is 10.0 Å². The number of amides is 2. The van der Waals surface area contributed by atoms with E-state index in [0.717, 1.165) is 36.8 Å². The minimum Gasteiger partial charge on any atom is -0.368 e. The number of nitrogens with zero attached hydrogens (tertiary/aromatic N) is 4. The number of fused-ring (bicyclic) bond motifs is 1. The molecule has 10 heteroatoms. The molecule has 1 aromatic heterocycles. The lowest BCUT2D eigenvalue weighted by molar-refractivity contribution is -0.142. The number of aromatic nitrogens is 2. The van der Waals surface area contributed by atoms with Gasteiger partial charge in [-0.15, -0.1) is 0 Å². The molecule has 1 atom stereocenters. The molecular formula is C28H30Cl2N4O4. The molecular weight excluding hydrogens is 527 g/mol. The minimum absolute atomic E-state index is 0.0975. The lowest BCUT2D eigenvalue weighted by Gasteiger charge is -2.33. The van der Waals surface area contributed by atoms with Gasteiger partial charge in [0, 0.05) is 33.3 Å². The molecule has 2 aliphatic rings. The number of hydrogen-bond donors (Lipinski definition) is 0. The van der Waals surface area contributed by atoms with Crippen LogP contribution in [-0.2, 0) is 27.4 Å². The van der Waals surface area contributed by atoms with Crippen molar-refractivity contribution in [2.24, 2.45) is 0 Å². The zero-order chi connectivity index (χ0) is 26.8. The fourth-order valence-electron chi connectivity index (χ4n) is 5.22. The molecule has 1 unspecified atom stereocenters. The number of likely N-dealkylation sites (tertiary alicyclic amines) is 1. The molecule has 0 radical (unpaired) electrons. The van der Waals surface area contributed by atoms with Gasteiger partial charge in [-0.2, -0.15) is 0 Å². The van der Waals surface area contributed by atoms with E-state index in [-0.39, 0.29) is 35.9 Å². The topological polar surface area (TPSA) is 84.7 Å². The van der Waals surface area contributed by atoms with E-state index < -0.39 is 0 Å². The van der Waals surface area contributed by atoms with Gasteiger partial charge in [0.25, 0.3) is 11.5 Å². The van der Waals surface area contributed by atoms with Crippen molar-refractivity contribution >= 4 is 45.9 Å². The second-order valence-electron chi connectivity index (χ2n) is 10.1. The molecule has 8 nitrogen and oxygen atoms in total. The van der Waals surface area contributed by atoms with Crippen LogP contribution >= 0.6 is 23.2 Å². The van der Waals surface area contributed by atoms with E-state index in [1.165, 1.54) is 15.8 Å². The number of hydrogen-bond acceptors (Lipinski definition) is 5. The van der Waals surface area contributed by atoms with Crippen molar-refractivity contribution < 1.29 is 14.3 Å². The van der Waals surface area contributed by atoms with Crippen LogP contribution in [0.4, 0.5) is 0 Å². The summed E-state index contributed by atoms with van der Waals surface area (Å²) in [6.45, 7) is 2.24. The zero-order valence-corrected chi connectivity index (χ0v) is 22.7. The third-order valence-electron chi connectivity index (χ3n) is 7.47. The zero-order valence-electron chi connectivity index (χ0n) is 21.2. The summed E-state index contributed by atoms with van der Waals surface area (Å²) in [4.78, 5) is 46.7. The van der Waals surface area contributed by atoms with E-state index in [9.17, 15) is 14.4 Å². The first kappa shape index (κ1) is 26.7. The Morgan fingerprint density at radius 1 is 1.08 bits per heavy atom. The molecule has 2 fully saturated rings. The average molecular weight is 557 g/mol. The summed E-state index contributed by atoms with van der Waals surface area (Å²) < 4.78 is 6.91. The Morgan fingerprint density at radius 2 is 1.87 bits per heavy atom. The van der Waals surface area contributed by atoms with Crippen LogP contribution in [0.3, 0.4) is 0 Å². The summed E-state index contributed by atoms with van der Waals surface area (Å²) in [5.74, 6) is 0.124. The van der Waals surface area contributed by atoms with Crippen LogP contribution in [0.15, 0.2) is 47.5 Å². The molecule has 2 aromatic carbocycles. The summed E-state index contributed by atoms with van der Waals surface area (Å²) in [5, 5.41) is 1.37. The number of piperidine rings is 1. The van der Waals surface area contributed by atoms with Gasteiger partial charge in [-0.05, 0) is 67.0 Å². The maximum absolute atomic E-state index is 13.3. The number of carbonyl (C=O) groups excluding carboxylic acids is 2. The number of carbonyl (C=O) groups is 2. The molecule has 0 spiro atoms. The molecule has 0 aliphatic carbocycles. The molecule has 38 heavy (non-hydrogen) atoms. The van der Waals surface area contributed by atoms with E-state index in [0.29, 0.717) is 47.2 Å². The van der Waals surface area contributed by atoms with E-state index in [1.54, 1.807) is 19.2 Å². The normalized spacial score (nSPS) is 18.2. The standard InChI is InChI=1S/C28H30Cl2N4O4/c1-32(15-18-4-6-22(29)23(30)13-18)26(35)16-34-17-31-24-7-5-20(14-21(24)27(34)36)19-8-10-33(11-9-19)28(37)25-3-2-12-38-25/h4-7,13-14,17,19,25H,2-3,8-12,15-16H2,1H3. The number of rotatable bonds is 6. The highest BCUT2D eigenvalue weighted by Crippen LogP contribution is 2.30. The van der Waals surface area contributed by atoms with Gasteiger partial charge in [-0.25, -0.2) is 4.98 Å². The minimum atomic E-state index is -0.289. The van der Waals surface area contributed by atoms with E-state index in [1.807, 2.05) is 29.2 Å². The van der Waals surface area contributed by atoms with Crippen LogP contribution in [-0.4, -0.2) is 64.0 Å². The van der Waals surface area contributed by atoms with Crippen LogP contribution in [0.5, 0.6) is 0 Å². The third kappa shape index (κ3) is 5.72. The van der Waals surface area contributed by atoms with Crippen molar-refractivity contribution in [3.8, 4) is 0 Å². The molecule has 0 saturated carbocycles. The lowest BCUT2D eigenvalue weighted by atomic mass is 9.88. The lowest BCUT2D eigenvalue weighted by Crippen LogP contribution is -2.43. The Morgan fingerprint density at radius 3 is 2.58 bits per heavy atom. The molecule has 200 valence electrons. The number of ether oxygens (including phenoxy) is 1. The van der Waals surface area contributed by atoms with Gasteiger partial charge in [0.2, 0.25) is 5.91 Å². The number of halogens is 2. The van der Waals surface area contributed by atoms with Crippen LogP contribution in [0.25, 0.3) is 10.9 Å². The van der Waals surface area contributed by atoms with Crippen molar-refractivity contribution in [1.82, 2.24) is 19.4 Å². The second kappa shape index (κ2) is 11.4. The summed E-state index contributed by atoms with van der Waals surface area (Å²) in [7, 11) is 1.68. The van der Waals surface area contributed by atoms with Crippen LogP contribution in [0, 0.1) is 0 Å². The Hall–Kier alpha value is -2.94. The first-order valence-corrected chi connectivity index (χ1v) is 13.6. The van der Waals surface area contributed by atoms with Crippen LogP contribution in [0.1, 0.15) is 42.7 Å².